The first kappa shape index (κ1) is 35.6. The third-order valence-corrected chi connectivity index (χ3v) is 14.6. The molecule has 8 aromatic rings. The van der Waals surface area contributed by atoms with Gasteiger partial charge in [-0.15, -0.1) is 0 Å². The maximum atomic E-state index is 2.75. The normalized spacial score (nSPS) is 15.2. The van der Waals surface area contributed by atoms with Crippen LogP contribution in [0.1, 0.15) is 80.6 Å². The van der Waals surface area contributed by atoms with Crippen LogP contribution in [0.25, 0.3) is 33.4 Å². The van der Waals surface area contributed by atoms with Crippen molar-refractivity contribution in [1.29, 1.82) is 0 Å². The zero-order valence-electron chi connectivity index (χ0n) is 35.9. The Bertz CT molecular complexity index is 3070. The quantitative estimate of drug-likeness (QED) is 0.162. The minimum Gasteiger partial charge on any atom is -0.310 e. The fourth-order valence-electron chi connectivity index (χ4n) is 12.1. The van der Waals surface area contributed by atoms with E-state index in [4.69, 9.17) is 0 Å². The minimum atomic E-state index is -0.497. The molecule has 0 bridgehead atoms. The van der Waals surface area contributed by atoms with Gasteiger partial charge in [0.05, 0.1) is 11.1 Å². The van der Waals surface area contributed by atoms with Crippen LogP contribution in [0.15, 0.2) is 146 Å². The van der Waals surface area contributed by atoms with Crippen LogP contribution >= 0.6 is 0 Å². The van der Waals surface area contributed by atoms with Crippen molar-refractivity contribution in [2.24, 2.45) is 0 Å². The average Bonchev–Trinajstić information content (AvgIpc) is 3.52. The summed E-state index contributed by atoms with van der Waals surface area (Å²) < 4.78 is 0. The van der Waals surface area contributed by atoms with Gasteiger partial charge in [0, 0.05) is 16.8 Å². The molecule has 1 nitrogen and oxygen atoms in total. The zero-order chi connectivity index (χ0) is 41.0. The summed E-state index contributed by atoms with van der Waals surface area (Å²) in [6, 6.07) is 57.1. The molecule has 0 radical (unpaired) electrons. The van der Waals surface area contributed by atoms with Gasteiger partial charge in [-0.25, -0.2) is 0 Å². The second-order valence-corrected chi connectivity index (χ2v) is 18.9. The SMILES string of the molecule is Cc1ccc(-c2cc(C)cc(-c3ccc(C)cc3)c2B2c3cc(C)cc4c3N3c5c2cc(C)cc5C2(c5ccccc5-c5ccccc52)c2cc(C)cc(c23)C4(C)C)cc1. The Labute approximate surface area is 355 Å². The van der Waals surface area contributed by atoms with Crippen molar-refractivity contribution in [2.75, 3.05) is 4.90 Å². The van der Waals surface area contributed by atoms with Crippen LogP contribution in [-0.4, -0.2) is 6.71 Å². The molecule has 288 valence electrons. The lowest BCUT2D eigenvalue weighted by Crippen LogP contribution is -2.61. The first-order valence-corrected chi connectivity index (χ1v) is 21.7. The second-order valence-electron chi connectivity index (χ2n) is 18.9. The lowest BCUT2D eigenvalue weighted by Gasteiger charge is -2.55. The third kappa shape index (κ3) is 4.49. The van der Waals surface area contributed by atoms with Gasteiger partial charge in [-0.2, -0.15) is 0 Å². The molecule has 8 aromatic carbocycles. The molecular weight excluding hydrogens is 721 g/mol. The van der Waals surface area contributed by atoms with Crippen LogP contribution in [0.4, 0.5) is 17.1 Å². The number of aryl methyl sites for hydroxylation is 6. The molecule has 3 heterocycles. The third-order valence-electron chi connectivity index (χ3n) is 14.6. The molecule has 0 amide bonds. The Balaban J connectivity index is 1.30. The number of nitrogens with zero attached hydrogens (tertiary/aromatic N) is 1. The van der Waals surface area contributed by atoms with E-state index in [1.807, 2.05) is 0 Å². The highest BCUT2D eigenvalue weighted by Crippen LogP contribution is 2.67. The van der Waals surface area contributed by atoms with E-state index in [0.29, 0.717) is 0 Å². The molecule has 0 aromatic heterocycles. The molecule has 3 aliphatic heterocycles. The number of anilines is 3. The van der Waals surface area contributed by atoms with E-state index in [-0.39, 0.29) is 12.1 Å². The highest BCUT2D eigenvalue weighted by molar-refractivity contribution is 6.99. The lowest BCUT2D eigenvalue weighted by atomic mass is 9.32. The molecule has 0 N–H and O–H groups in total. The van der Waals surface area contributed by atoms with Crippen LogP contribution in [0.2, 0.25) is 0 Å². The number of rotatable bonds is 3. The minimum absolute atomic E-state index is 0.0370. The topological polar surface area (TPSA) is 3.24 Å². The van der Waals surface area contributed by atoms with E-state index in [0.717, 1.165) is 0 Å². The van der Waals surface area contributed by atoms with Gasteiger partial charge in [-0.1, -0.05) is 193 Å². The summed E-state index contributed by atoms with van der Waals surface area (Å²) in [5.74, 6) is 0. The Morgan fingerprint density at radius 3 is 1.28 bits per heavy atom. The van der Waals surface area contributed by atoms with Crippen molar-refractivity contribution >= 4 is 40.2 Å². The standard InChI is InChI=1S/C58H48BN/c1-33-17-21-39(22-18-33)43-25-35(3)26-44(40-23-19-34(2)20-24-40)53(43)59-51-31-37(5)28-48-55(51)60-54-47(57(48,7)8)27-36(4)29-49(54)58(50-30-38(6)32-52(59)56(50)60)45-15-11-9-13-41(45)42-14-10-12-16-46(42)58/h9-32H,1-8H3. The smallest absolute Gasteiger partial charge is 0.248 e. The van der Waals surface area contributed by atoms with Crippen molar-refractivity contribution in [3.8, 4) is 33.4 Å². The van der Waals surface area contributed by atoms with Crippen LogP contribution in [0, 0.1) is 41.5 Å². The molecule has 0 saturated heterocycles. The zero-order valence-corrected chi connectivity index (χ0v) is 35.9. The van der Waals surface area contributed by atoms with Gasteiger partial charge in [-0.3, -0.25) is 0 Å². The Kier molecular flexibility index (Phi) is 7.18. The molecule has 2 heteroatoms. The molecule has 0 fully saturated rings. The lowest BCUT2D eigenvalue weighted by molar-refractivity contribution is 0.620. The summed E-state index contributed by atoms with van der Waals surface area (Å²) in [6.07, 6.45) is 0. The predicted molar refractivity (Wildman–Crippen MR) is 255 cm³/mol. The van der Waals surface area contributed by atoms with Gasteiger partial charge in [-0.05, 0) is 125 Å². The number of fused-ring (bicyclic) bond motifs is 7. The summed E-state index contributed by atoms with van der Waals surface area (Å²) >= 11 is 0. The van der Waals surface area contributed by atoms with E-state index >= 15 is 0 Å². The van der Waals surface area contributed by atoms with Gasteiger partial charge in [0.2, 0.25) is 6.71 Å². The van der Waals surface area contributed by atoms with Crippen LogP contribution in [0.3, 0.4) is 0 Å². The monoisotopic (exact) mass is 769 g/mol. The summed E-state index contributed by atoms with van der Waals surface area (Å²) in [7, 11) is 0. The van der Waals surface area contributed by atoms with Gasteiger partial charge >= 0.3 is 0 Å². The van der Waals surface area contributed by atoms with Crippen LogP contribution < -0.4 is 21.3 Å². The molecule has 60 heavy (non-hydrogen) atoms. The number of hydrogen-bond donors (Lipinski definition) is 0. The summed E-state index contributed by atoms with van der Waals surface area (Å²) in [5, 5.41) is 0. The fourth-order valence-corrected chi connectivity index (χ4v) is 12.1. The Hall–Kier alpha value is -6.38. The van der Waals surface area contributed by atoms with Gasteiger partial charge < -0.3 is 4.90 Å². The van der Waals surface area contributed by atoms with Crippen molar-refractivity contribution in [3.05, 3.63) is 212 Å². The first-order chi connectivity index (χ1) is 29.0. The van der Waals surface area contributed by atoms with E-state index in [2.05, 4.69) is 206 Å². The first-order valence-electron chi connectivity index (χ1n) is 21.7. The van der Waals surface area contributed by atoms with Gasteiger partial charge in [0.15, 0.2) is 0 Å². The van der Waals surface area contributed by atoms with Crippen molar-refractivity contribution in [2.45, 2.75) is 66.2 Å². The van der Waals surface area contributed by atoms with Gasteiger partial charge in [0.1, 0.15) is 0 Å². The van der Waals surface area contributed by atoms with E-state index in [1.54, 1.807) is 0 Å². The second kappa shape index (κ2) is 12.1. The maximum Gasteiger partial charge on any atom is 0.248 e. The molecule has 12 rings (SSSR count). The fraction of sp³-hybridized carbons (Fsp3) is 0.172. The van der Waals surface area contributed by atoms with Crippen molar-refractivity contribution in [1.82, 2.24) is 0 Å². The molecular formula is C58H48BN. The summed E-state index contributed by atoms with van der Waals surface area (Å²) in [5.41, 5.74) is 31.4. The Morgan fingerprint density at radius 2 is 0.767 bits per heavy atom. The summed E-state index contributed by atoms with van der Waals surface area (Å²) in [4.78, 5) is 2.75. The molecule has 0 saturated carbocycles. The summed E-state index contributed by atoms with van der Waals surface area (Å²) in [6.45, 7) is 18.5. The molecule has 0 unspecified atom stereocenters. The Morgan fingerprint density at radius 1 is 0.367 bits per heavy atom. The highest BCUT2D eigenvalue weighted by Gasteiger charge is 2.57. The molecule has 1 aliphatic carbocycles. The predicted octanol–water partition coefficient (Wildman–Crippen LogP) is 12.5. The highest BCUT2D eigenvalue weighted by atomic mass is 15.2. The van der Waals surface area contributed by atoms with Crippen LogP contribution in [0.5, 0.6) is 0 Å². The maximum absolute atomic E-state index is 2.75. The van der Waals surface area contributed by atoms with E-state index in [9.17, 15) is 0 Å². The molecule has 0 atom stereocenters. The number of hydrogen-bond acceptors (Lipinski definition) is 1. The van der Waals surface area contributed by atoms with Crippen LogP contribution in [-0.2, 0) is 10.8 Å². The largest absolute Gasteiger partial charge is 0.310 e. The van der Waals surface area contributed by atoms with E-state index in [1.165, 1.54) is 134 Å². The van der Waals surface area contributed by atoms with E-state index < -0.39 is 5.41 Å². The molecule has 1 spiro atoms. The van der Waals surface area contributed by atoms with Crippen molar-refractivity contribution < 1.29 is 0 Å². The van der Waals surface area contributed by atoms with Gasteiger partial charge in [0.25, 0.3) is 0 Å². The number of benzene rings is 8. The van der Waals surface area contributed by atoms with Crippen molar-refractivity contribution in [3.63, 3.8) is 0 Å². The molecule has 4 aliphatic rings. The average molecular weight is 770 g/mol.